The summed E-state index contributed by atoms with van der Waals surface area (Å²) in [4.78, 5) is 30.7. The summed E-state index contributed by atoms with van der Waals surface area (Å²) in [6.07, 6.45) is 7.33. The Morgan fingerprint density at radius 3 is 2.63 bits per heavy atom. The number of carbonyl (C=O) groups is 1. The Morgan fingerprint density at radius 1 is 1.20 bits per heavy atom. The molecule has 0 bridgehead atoms. The first-order chi connectivity index (χ1) is 16.6. The molecule has 1 aliphatic carbocycles. The van der Waals surface area contributed by atoms with Gasteiger partial charge < -0.3 is 14.5 Å². The lowest BCUT2D eigenvalue weighted by Crippen LogP contribution is -2.61. The van der Waals surface area contributed by atoms with Crippen molar-refractivity contribution in [1.29, 1.82) is 5.26 Å². The van der Waals surface area contributed by atoms with Gasteiger partial charge in [0.15, 0.2) is 5.65 Å². The zero-order valence-electron chi connectivity index (χ0n) is 20.9. The number of carbonyl (C=O) groups excluding carboxylic acids is 1. The molecule has 3 aromatic rings. The molecule has 0 N–H and O–H groups in total. The maximum Gasteiger partial charge on any atom is 0.410 e. The maximum atomic E-state index is 12.7. The van der Waals surface area contributed by atoms with Crippen molar-refractivity contribution in [2.24, 2.45) is 0 Å². The highest BCUT2D eigenvalue weighted by Crippen LogP contribution is 2.46. The Bertz CT molecular complexity index is 1330. The molecule has 2 aliphatic rings. The van der Waals surface area contributed by atoms with Crippen LogP contribution >= 0.6 is 0 Å². The molecular weight excluding hydrogens is 442 g/mol. The number of nitriles is 1. The van der Waals surface area contributed by atoms with E-state index in [0.717, 1.165) is 29.7 Å². The van der Waals surface area contributed by atoms with Crippen molar-refractivity contribution in [3.05, 3.63) is 42.0 Å². The molecular formula is C26H31N7O2. The standard InChI is InChI=1S/C26H31N7O2/c1-25(2,3)35-24(34)31-10-11-33(26(4,5)15-31)23-21-19(18-6-7-18)14-32(22(21)29-16-30-23)20-12-17(13-27)8-9-28-20/h8-9,12,14,16,18H,6-7,10-11,15H2,1-5H3. The average molecular weight is 474 g/mol. The predicted octanol–water partition coefficient (Wildman–Crippen LogP) is 4.40. The molecule has 3 aromatic heterocycles. The van der Waals surface area contributed by atoms with Crippen LogP contribution in [-0.4, -0.2) is 61.3 Å². The third kappa shape index (κ3) is 4.41. The fourth-order valence-electron chi connectivity index (χ4n) is 4.81. The molecule has 182 valence electrons. The van der Waals surface area contributed by atoms with Crippen LogP contribution in [0.5, 0.6) is 0 Å². The van der Waals surface area contributed by atoms with Crippen molar-refractivity contribution < 1.29 is 9.53 Å². The van der Waals surface area contributed by atoms with Crippen LogP contribution in [0.4, 0.5) is 10.6 Å². The molecule has 2 fully saturated rings. The van der Waals surface area contributed by atoms with Crippen LogP contribution in [0.1, 0.15) is 64.5 Å². The molecule has 9 heteroatoms. The van der Waals surface area contributed by atoms with E-state index in [9.17, 15) is 10.1 Å². The van der Waals surface area contributed by atoms with E-state index in [1.165, 1.54) is 5.56 Å². The molecule has 0 unspecified atom stereocenters. The Balaban J connectivity index is 1.55. The molecule has 9 nitrogen and oxygen atoms in total. The number of aromatic nitrogens is 4. The number of hydrogen-bond acceptors (Lipinski definition) is 7. The number of piperazine rings is 1. The maximum absolute atomic E-state index is 12.7. The lowest BCUT2D eigenvalue weighted by Gasteiger charge is -2.47. The molecule has 1 aliphatic heterocycles. The number of anilines is 1. The summed E-state index contributed by atoms with van der Waals surface area (Å²) in [6, 6.07) is 5.67. The molecule has 0 atom stereocenters. The van der Waals surface area contributed by atoms with Gasteiger partial charge in [0.05, 0.1) is 22.6 Å². The first kappa shape index (κ1) is 23.1. The fraction of sp³-hybridized carbons (Fsp3) is 0.500. The summed E-state index contributed by atoms with van der Waals surface area (Å²) < 4.78 is 7.59. The first-order valence-electron chi connectivity index (χ1n) is 12.1. The van der Waals surface area contributed by atoms with Crippen LogP contribution in [0.3, 0.4) is 0 Å². The Morgan fingerprint density at radius 2 is 1.97 bits per heavy atom. The van der Waals surface area contributed by atoms with Gasteiger partial charge in [-0.3, -0.25) is 4.57 Å². The van der Waals surface area contributed by atoms with Crippen molar-refractivity contribution in [1.82, 2.24) is 24.4 Å². The van der Waals surface area contributed by atoms with Gasteiger partial charge >= 0.3 is 6.09 Å². The lowest BCUT2D eigenvalue weighted by molar-refractivity contribution is 0.0179. The predicted molar refractivity (Wildman–Crippen MR) is 133 cm³/mol. The van der Waals surface area contributed by atoms with E-state index in [-0.39, 0.29) is 11.6 Å². The highest BCUT2D eigenvalue weighted by atomic mass is 16.6. The lowest BCUT2D eigenvalue weighted by atomic mass is 9.98. The third-order valence-electron chi connectivity index (χ3n) is 6.54. The van der Waals surface area contributed by atoms with E-state index < -0.39 is 5.60 Å². The average Bonchev–Trinajstić information content (AvgIpc) is 3.57. The van der Waals surface area contributed by atoms with Gasteiger partial charge in [0.2, 0.25) is 0 Å². The highest BCUT2D eigenvalue weighted by Gasteiger charge is 2.40. The van der Waals surface area contributed by atoms with Gasteiger partial charge in [0, 0.05) is 32.0 Å². The normalized spacial score (nSPS) is 17.9. The minimum absolute atomic E-state index is 0.286. The van der Waals surface area contributed by atoms with E-state index in [4.69, 9.17) is 9.72 Å². The second kappa shape index (κ2) is 8.22. The van der Waals surface area contributed by atoms with E-state index in [1.54, 1.807) is 29.6 Å². The summed E-state index contributed by atoms with van der Waals surface area (Å²) in [5, 5.41) is 10.4. The van der Waals surface area contributed by atoms with Crippen LogP contribution in [-0.2, 0) is 4.74 Å². The van der Waals surface area contributed by atoms with Gasteiger partial charge in [0.25, 0.3) is 0 Å². The van der Waals surface area contributed by atoms with Crippen molar-refractivity contribution >= 4 is 22.9 Å². The second-order valence-electron chi connectivity index (χ2n) is 11.0. The number of nitrogens with zero attached hydrogens (tertiary/aromatic N) is 7. The number of pyridine rings is 1. The number of rotatable bonds is 3. The van der Waals surface area contributed by atoms with Gasteiger partial charge in [-0.25, -0.2) is 19.7 Å². The third-order valence-corrected chi connectivity index (χ3v) is 6.54. The molecule has 1 amide bonds. The zero-order chi connectivity index (χ0) is 25.0. The van der Waals surface area contributed by atoms with Crippen LogP contribution in [0.25, 0.3) is 16.9 Å². The van der Waals surface area contributed by atoms with E-state index >= 15 is 0 Å². The zero-order valence-corrected chi connectivity index (χ0v) is 20.9. The smallest absolute Gasteiger partial charge is 0.410 e. The van der Waals surface area contributed by atoms with Crippen LogP contribution < -0.4 is 4.90 Å². The highest BCUT2D eigenvalue weighted by molar-refractivity contribution is 5.93. The minimum atomic E-state index is -0.532. The van der Waals surface area contributed by atoms with Gasteiger partial charge in [-0.15, -0.1) is 0 Å². The van der Waals surface area contributed by atoms with E-state index in [1.807, 2.05) is 25.3 Å². The number of hydrogen-bond donors (Lipinski definition) is 0. The van der Waals surface area contributed by atoms with Crippen molar-refractivity contribution in [2.75, 3.05) is 24.5 Å². The fourth-order valence-corrected chi connectivity index (χ4v) is 4.81. The molecule has 0 radical (unpaired) electrons. The molecule has 35 heavy (non-hydrogen) atoms. The minimum Gasteiger partial charge on any atom is -0.444 e. The topological polar surface area (TPSA) is 100 Å². The van der Waals surface area contributed by atoms with Crippen molar-refractivity contribution in [3.8, 4) is 11.9 Å². The van der Waals surface area contributed by atoms with Crippen molar-refractivity contribution in [3.63, 3.8) is 0 Å². The Kier molecular flexibility index (Phi) is 5.42. The monoisotopic (exact) mass is 473 g/mol. The summed E-state index contributed by atoms with van der Waals surface area (Å²) in [5.41, 5.74) is 1.66. The number of fused-ring (bicyclic) bond motifs is 1. The second-order valence-corrected chi connectivity index (χ2v) is 11.0. The van der Waals surface area contributed by atoms with Gasteiger partial charge in [-0.05, 0) is 71.1 Å². The molecule has 0 aromatic carbocycles. The quantitative estimate of drug-likeness (QED) is 0.556. The SMILES string of the molecule is CC(C)(C)OC(=O)N1CCN(c2ncnc3c2c(C2CC2)cn3-c2cc(C#N)ccn2)C(C)(C)C1. The summed E-state index contributed by atoms with van der Waals surface area (Å²) in [7, 11) is 0. The molecule has 1 saturated carbocycles. The molecule has 0 spiro atoms. The van der Waals surface area contributed by atoms with E-state index in [0.29, 0.717) is 36.9 Å². The number of ether oxygens (including phenoxy) is 1. The van der Waals surface area contributed by atoms with Crippen LogP contribution in [0, 0.1) is 11.3 Å². The summed E-state index contributed by atoms with van der Waals surface area (Å²) in [5.74, 6) is 2.01. The Hall–Kier alpha value is -3.67. The molecule has 1 saturated heterocycles. The number of amides is 1. The van der Waals surface area contributed by atoms with Gasteiger partial charge in [-0.1, -0.05) is 0 Å². The molecule has 4 heterocycles. The largest absolute Gasteiger partial charge is 0.444 e. The van der Waals surface area contributed by atoms with Crippen LogP contribution in [0.2, 0.25) is 0 Å². The molecule has 5 rings (SSSR count). The van der Waals surface area contributed by atoms with Crippen molar-refractivity contribution in [2.45, 2.75) is 64.5 Å². The summed E-state index contributed by atoms with van der Waals surface area (Å²) >= 11 is 0. The first-order valence-corrected chi connectivity index (χ1v) is 12.1. The Labute approximate surface area is 205 Å². The summed E-state index contributed by atoms with van der Waals surface area (Å²) in [6.45, 7) is 11.6. The van der Waals surface area contributed by atoms with Gasteiger partial charge in [-0.2, -0.15) is 5.26 Å². The van der Waals surface area contributed by atoms with Crippen LogP contribution in [0.15, 0.2) is 30.9 Å². The van der Waals surface area contributed by atoms with E-state index in [2.05, 4.69) is 41.0 Å². The van der Waals surface area contributed by atoms with Gasteiger partial charge in [0.1, 0.15) is 23.6 Å².